The number of thioether (sulfide) groups is 2. The Morgan fingerprint density at radius 3 is 3.18 bits per heavy atom. The van der Waals surface area contributed by atoms with Crippen LogP contribution in [-0.4, -0.2) is 39.0 Å². The van der Waals surface area contributed by atoms with Crippen molar-refractivity contribution in [2.75, 3.05) is 29.1 Å². The number of thiocarbonyl (C=S) groups is 1. The van der Waals surface area contributed by atoms with Crippen LogP contribution in [0.4, 0.5) is 5.82 Å². The van der Waals surface area contributed by atoms with Gasteiger partial charge in [0.25, 0.3) is 0 Å². The van der Waals surface area contributed by atoms with E-state index in [0.29, 0.717) is 10.2 Å². The molecule has 0 amide bonds. The Balaban J connectivity index is 1.96. The molecule has 2 heterocycles. The lowest BCUT2D eigenvalue weighted by Gasteiger charge is -2.21. The second kappa shape index (κ2) is 6.47. The smallest absolute Gasteiger partial charge is 0.136 e. The van der Waals surface area contributed by atoms with Crippen molar-refractivity contribution >= 4 is 46.5 Å². The molecule has 1 aromatic rings. The molecule has 0 spiro atoms. The number of nitrogens with two attached hydrogens (primary N) is 1. The van der Waals surface area contributed by atoms with Crippen molar-refractivity contribution in [1.82, 2.24) is 4.98 Å². The van der Waals surface area contributed by atoms with Gasteiger partial charge in [-0.3, -0.25) is 0 Å². The van der Waals surface area contributed by atoms with Crippen molar-refractivity contribution < 1.29 is 0 Å². The van der Waals surface area contributed by atoms with E-state index in [-0.39, 0.29) is 0 Å². The normalized spacial score (nSPS) is 19.9. The molecule has 17 heavy (non-hydrogen) atoms. The first-order valence-electron chi connectivity index (χ1n) is 5.45. The van der Waals surface area contributed by atoms with E-state index in [1.807, 2.05) is 35.7 Å². The molecule has 1 aliphatic rings. The molecule has 0 radical (unpaired) electrons. The zero-order chi connectivity index (χ0) is 12.1. The molecule has 0 bridgehead atoms. The minimum absolute atomic E-state index is 0.395. The second-order valence-corrected chi connectivity index (χ2v) is 6.71. The van der Waals surface area contributed by atoms with Gasteiger partial charge < -0.3 is 11.1 Å². The van der Waals surface area contributed by atoms with Crippen LogP contribution < -0.4 is 11.1 Å². The van der Waals surface area contributed by atoms with Crippen molar-refractivity contribution in [1.29, 1.82) is 0 Å². The lowest BCUT2D eigenvalue weighted by molar-refractivity contribution is 0.992. The van der Waals surface area contributed by atoms with E-state index < -0.39 is 0 Å². The number of nitrogens with one attached hydrogen (secondary N) is 1. The van der Waals surface area contributed by atoms with Crippen LogP contribution in [0.2, 0.25) is 0 Å². The third-order valence-corrected chi connectivity index (χ3v) is 5.52. The highest BCUT2D eigenvalue weighted by atomic mass is 32.2. The molecule has 1 unspecified atom stereocenters. The highest BCUT2D eigenvalue weighted by molar-refractivity contribution is 8.06. The Hall–Kier alpha value is -0.460. The molecule has 3 nitrogen and oxygen atoms in total. The summed E-state index contributed by atoms with van der Waals surface area (Å²) in [6.07, 6.45) is 1.76. The van der Waals surface area contributed by atoms with Gasteiger partial charge in [0, 0.05) is 35.3 Å². The molecule has 2 rings (SSSR count). The zero-order valence-electron chi connectivity index (χ0n) is 9.39. The van der Waals surface area contributed by atoms with Gasteiger partial charge >= 0.3 is 0 Å². The maximum Gasteiger partial charge on any atom is 0.136 e. The predicted octanol–water partition coefficient (Wildman–Crippen LogP) is 1.98. The number of nitrogens with zero attached hydrogens (tertiary/aromatic N) is 1. The van der Waals surface area contributed by atoms with Crippen molar-refractivity contribution in [3.63, 3.8) is 0 Å². The highest BCUT2D eigenvalue weighted by Gasteiger charge is 2.15. The molecule has 0 aromatic carbocycles. The zero-order valence-corrected chi connectivity index (χ0v) is 11.8. The van der Waals surface area contributed by atoms with E-state index in [0.717, 1.165) is 17.9 Å². The fourth-order valence-corrected chi connectivity index (χ4v) is 4.39. The number of anilines is 1. The average molecular weight is 285 g/mol. The Kier molecular flexibility index (Phi) is 4.94. The van der Waals surface area contributed by atoms with Crippen LogP contribution in [-0.2, 0) is 0 Å². The first-order chi connectivity index (χ1) is 8.27. The Morgan fingerprint density at radius 1 is 1.59 bits per heavy atom. The van der Waals surface area contributed by atoms with Gasteiger partial charge in [-0.15, -0.1) is 0 Å². The molecule has 3 N–H and O–H groups in total. The van der Waals surface area contributed by atoms with Gasteiger partial charge in [0.05, 0.1) is 5.56 Å². The van der Waals surface area contributed by atoms with Crippen LogP contribution in [0.5, 0.6) is 0 Å². The summed E-state index contributed by atoms with van der Waals surface area (Å²) in [6, 6.07) is 3.76. The van der Waals surface area contributed by atoms with Crippen LogP contribution in [0.25, 0.3) is 0 Å². The number of aromatic nitrogens is 1. The third kappa shape index (κ3) is 3.76. The SMILES string of the molecule is NC(=S)c1cccnc1NCC1CSCCS1. The first kappa shape index (κ1) is 13.0. The molecule has 92 valence electrons. The average Bonchev–Trinajstić information content (AvgIpc) is 2.38. The van der Waals surface area contributed by atoms with Crippen LogP contribution in [0.1, 0.15) is 5.56 Å². The van der Waals surface area contributed by atoms with Gasteiger partial charge in [-0.2, -0.15) is 23.5 Å². The summed E-state index contributed by atoms with van der Waals surface area (Å²) in [6.45, 7) is 0.921. The monoisotopic (exact) mass is 285 g/mol. The summed E-state index contributed by atoms with van der Waals surface area (Å²) in [5.74, 6) is 4.51. The van der Waals surface area contributed by atoms with E-state index >= 15 is 0 Å². The van der Waals surface area contributed by atoms with Crippen LogP contribution in [0, 0.1) is 0 Å². The van der Waals surface area contributed by atoms with E-state index in [9.17, 15) is 0 Å². The Morgan fingerprint density at radius 2 is 2.47 bits per heavy atom. The molecule has 0 aliphatic carbocycles. The maximum absolute atomic E-state index is 5.67. The minimum atomic E-state index is 0.395. The summed E-state index contributed by atoms with van der Waals surface area (Å²) < 4.78 is 0. The van der Waals surface area contributed by atoms with Gasteiger partial charge in [0.2, 0.25) is 0 Å². The van der Waals surface area contributed by atoms with Crippen molar-refractivity contribution in [2.24, 2.45) is 5.73 Å². The van der Waals surface area contributed by atoms with E-state index in [1.54, 1.807) is 6.20 Å². The van der Waals surface area contributed by atoms with Gasteiger partial charge in [-0.05, 0) is 12.1 Å². The fourth-order valence-electron chi connectivity index (χ4n) is 1.61. The molecule has 1 saturated heterocycles. The van der Waals surface area contributed by atoms with Gasteiger partial charge in [-0.1, -0.05) is 12.2 Å². The molecule has 1 fully saturated rings. The molecule has 0 saturated carbocycles. The summed E-state index contributed by atoms with van der Waals surface area (Å²) in [7, 11) is 0. The lowest BCUT2D eigenvalue weighted by Crippen LogP contribution is -2.24. The predicted molar refractivity (Wildman–Crippen MR) is 82.2 cm³/mol. The van der Waals surface area contributed by atoms with Crippen molar-refractivity contribution in [3.8, 4) is 0 Å². The van der Waals surface area contributed by atoms with Crippen LogP contribution in [0.15, 0.2) is 18.3 Å². The van der Waals surface area contributed by atoms with Crippen molar-refractivity contribution in [3.05, 3.63) is 23.9 Å². The van der Waals surface area contributed by atoms with Gasteiger partial charge in [-0.25, -0.2) is 4.98 Å². The number of pyridine rings is 1. The largest absolute Gasteiger partial charge is 0.389 e. The number of rotatable bonds is 4. The van der Waals surface area contributed by atoms with Gasteiger partial charge in [0.1, 0.15) is 10.8 Å². The Bertz CT molecular complexity index is 391. The summed E-state index contributed by atoms with van der Waals surface area (Å²) in [5.41, 5.74) is 6.50. The standard InChI is InChI=1S/C11H15N3S3/c12-10(15)9-2-1-3-13-11(9)14-6-8-7-16-4-5-17-8/h1-3,8H,4-7H2,(H2,12,15)(H,13,14). The highest BCUT2D eigenvalue weighted by Crippen LogP contribution is 2.24. The molecular weight excluding hydrogens is 270 g/mol. The summed E-state index contributed by atoms with van der Waals surface area (Å²) >= 11 is 9.05. The minimum Gasteiger partial charge on any atom is -0.389 e. The third-order valence-electron chi connectivity index (χ3n) is 2.46. The number of hydrogen-bond acceptors (Lipinski definition) is 5. The molecule has 1 aromatic heterocycles. The molecular formula is C11H15N3S3. The molecule has 1 atom stereocenters. The maximum atomic E-state index is 5.67. The van der Waals surface area contributed by atoms with Crippen LogP contribution in [0.3, 0.4) is 0 Å². The van der Waals surface area contributed by atoms with E-state index in [1.165, 1.54) is 17.3 Å². The molecule has 1 aliphatic heterocycles. The summed E-state index contributed by atoms with van der Waals surface area (Å²) in [4.78, 5) is 4.68. The van der Waals surface area contributed by atoms with E-state index in [4.69, 9.17) is 18.0 Å². The van der Waals surface area contributed by atoms with Gasteiger partial charge in [0.15, 0.2) is 0 Å². The molecule has 6 heteroatoms. The quantitative estimate of drug-likeness (QED) is 0.825. The second-order valence-electron chi connectivity index (χ2n) is 3.71. The number of hydrogen-bond donors (Lipinski definition) is 2. The topological polar surface area (TPSA) is 50.9 Å². The summed E-state index contributed by atoms with van der Waals surface area (Å²) in [5, 5.41) is 4.00. The van der Waals surface area contributed by atoms with E-state index in [2.05, 4.69) is 10.3 Å². The van der Waals surface area contributed by atoms with Crippen LogP contribution >= 0.6 is 35.7 Å². The van der Waals surface area contributed by atoms with Crippen molar-refractivity contribution in [2.45, 2.75) is 5.25 Å². The first-order valence-corrected chi connectivity index (χ1v) is 8.06. The Labute approximate surface area is 115 Å². The lowest BCUT2D eigenvalue weighted by atomic mass is 10.2. The fraction of sp³-hybridized carbons (Fsp3) is 0.455.